The van der Waals surface area contributed by atoms with E-state index in [1.165, 1.54) is 18.3 Å². The number of alkyl halides is 3. The van der Waals surface area contributed by atoms with Gasteiger partial charge in [0.15, 0.2) is 10.9 Å². The highest BCUT2D eigenvalue weighted by molar-refractivity contribution is 7.98. The molecule has 0 amide bonds. The minimum atomic E-state index is -4.52. The third kappa shape index (κ3) is 3.91. The maximum atomic E-state index is 12.9. The molecule has 0 aliphatic rings. The monoisotopic (exact) mass is 355 g/mol. The fourth-order valence-electron chi connectivity index (χ4n) is 1.82. The lowest BCUT2D eigenvalue weighted by molar-refractivity contribution is -0.141. The van der Waals surface area contributed by atoms with Crippen LogP contribution in [0, 0.1) is 5.82 Å². The summed E-state index contributed by atoms with van der Waals surface area (Å²) in [5.74, 6) is 0.550. The molecule has 0 unspecified atom stereocenters. The van der Waals surface area contributed by atoms with Gasteiger partial charge >= 0.3 is 6.18 Å². The Kier molecular flexibility index (Phi) is 4.52. The predicted octanol–water partition coefficient (Wildman–Crippen LogP) is 4.58. The molecular formula is C15H9F4N3OS. The first kappa shape index (κ1) is 16.4. The first-order valence-corrected chi connectivity index (χ1v) is 7.64. The van der Waals surface area contributed by atoms with Crippen LogP contribution in [0.4, 0.5) is 17.6 Å². The standard InChI is InChI=1S/C15H9F4N3OS/c16-10-3-1-9(2-4-10)11-7-21-13(23-11)8-24-14-20-6-5-12(22-14)15(17,18)19/h1-7H,8H2. The zero-order valence-corrected chi connectivity index (χ0v) is 12.7. The Hall–Kier alpha value is -2.42. The number of hydrogen-bond acceptors (Lipinski definition) is 5. The Bertz CT molecular complexity index is 833. The van der Waals surface area contributed by atoms with E-state index in [-0.39, 0.29) is 16.7 Å². The van der Waals surface area contributed by atoms with E-state index in [4.69, 9.17) is 4.42 Å². The summed E-state index contributed by atoms with van der Waals surface area (Å²) in [7, 11) is 0. The van der Waals surface area contributed by atoms with Gasteiger partial charge in [-0.2, -0.15) is 13.2 Å². The largest absolute Gasteiger partial charge is 0.440 e. The first-order chi connectivity index (χ1) is 11.4. The van der Waals surface area contributed by atoms with Gasteiger partial charge in [0.2, 0.25) is 5.89 Å². The topological polar surface area (TPSA) is 51.8 Å². The molecule has 2 aromatic heterocycles. The third-order valence-corrected chi connectivity index (χ3v) is 3.78. The van der Waals surface area contributed by atoms with Gasteiger partial charge in [0.25, 0.3) is 0 Å². The number of nitrogens with zero attached hydrogens (tertiary/aromatic N) is 3. The van der Waals surface area contributed by atoms with Crippen molar-refractivity contribution in [3.8, 4) is 11.3 Å². The zero-order valence-electron chi connectivity index (χ0n) is 11.9. The van der Waals surface area contributed by atoms with Crippen molar-refractivity contribution >= 4 is 11.8 Å². The molecule has 0 bridgehead atoms. The fourth-order valence-corrected chi connectivity index (χ4v) is 2.50. The Balaban J connectivity index is 1.69. The summed E-state index contributed by atoms with van der Waals surface area (Å²) in [4.78, 5) is 11.3. The lowest BCUT2D eigenvalue weighted by Crippen LogP contribution is -2.08. The number of hydrogen-bond donors (Lipinski definition) is 0. The van der Waals surface area contributed by atoms with E-state index in [2.05, 4.69) is 15.0 Å². The molecule has 0 aliphatic heterocycles. The van der Waals surface area contributed by atoms with Gasteiger partial charge in [-0.1, -0.05) is 11.8 Å². The van der Waals surface area contributed by atoms with Gasteiger partial charge in [0.05, 0.1) is 11.9 Å². The van der Waals surface area contributed by atoms with Gasteiger partial charge in [0.1, 0.15) is 11.5 Å². The quantitative estimate of drug-likeness (QED) is 0.389. The number of rotatable bonds is 4. The molecule has 124 valence electrons. The highest BCUT2D eigenvalue weighted by Gasteiger charge is 2.32. The van der Waals surface area contributed by atoms with Crippen LogP contribution in [-0.2, 0) is 11.9 Å². The summed E-state index contributed by atoms with van der Waals surface area (Å²) in [5.41, 5.74) is -0.352. The molecule has 0 aliphatic carbocycles. The Morgan fingerprint density at radius 2 is 1.79 bits per heavy atom. The second-order valence-corrected chi connectivity index (χ2v) is 5.58. The fraction of sp³-hybridized carbons (Fsp3) is 0.133. The van der Waals surface area contributed by atoms with E-state index in [0.717, 1.165) is 24.0 Å². The van der Waals surface area contributed by atoms with E-state index in [1.807, 2.05) is 0 Å². The van der Waals surface area contributed by atoms with Crippen LogP contribution in [0.25, 0.3) is 11.3 Å². The smallest absolute Gasteiger partial charge is 0.433 e. The van der Waals surface area contributed by atoms with Crippen molar-refractivity contribution in [1.82, 2.24) is 15.0 Å². The molecule has 2 heterocycles. The molecule has 3 rings (SSSR count). The van der Waals surface area contributed by atoms with Crippen molar-refractivity contribution in [2.75, 3.05) is 0 Å². The van der Waals surface area contributed by atoms with Crippen LogP contribution in [0.15, 0.2) is 52.3 Å². The minimum Gasteiger partial charge on any atom is -0.440 e. The van der Waals surface area contributed by atoms with E-state index in [1.54, 1.807) is 12.1 Å². The normalized spacial score (nSPS) is 11.7. The molecule has 24 heavy (non-hydrogen) atoms. The van der Waals surface area contributed by atoms with E-state index >= 15 is 0 Å². The summed E-state index contributed by atoms with van der Waals surface area (Å²) in [6.45, 7) is 0. The van der Waals surface area contributed by atoms with Crippen LogP contribution >= 0.6 is 11.8 Å². The summed E-state index contributed by atoms with van der Waals surface area (Å²) >= 11 is 0.976. The van der Waals surface area contributed by atoms with Crippen molar-refractivity contribution in [3.63, 3.8) is 0 Å². The van der Waals surface area contributed by atoms with E-state index < -0.39 is 11.9 Å². The molecule has 0 atom stereocenters. The maximum absolute atomic E-state index is 12.9. The Morgan fingerprint density at radius 3 is 2.50 bits per heavy atom. The van der Waals surface area contributed by atoms with Crippen LogP contribution in [-0.4, -0.2) is 15.0 Å². The number of oxazole rings is 1. The number of aromatic nitrogens is 3. The van der Waals surface area contributed by atoms with Crippen molar-refractivity contribution in [2.24, 2.45) is 0 Å². The van der Waals surface area contributed by atoms with Gasteiger partial charge in [-0.15, -0.1) is 0 Å². The molecule has 0 saturated heterocycles. The molecule has 1 aromatic carbocycles. The van der Waals surface area contributed by atoms with E-state index in [0.29, 0.717) is 17.2 Å². The van der Waals surface area contributed by atoms with Crippen LogP contribution < -0.4 is 0 Å². The molecule has 0 spiro atoms. The van der Waals surface area contributed by atoms with Crippen molar-refractivity contribution in [2.45, 2.75) is 17.1 Å². The number of halogens is 4. The highest BCUT2D eigenvalue weighted by atomic mass is 32.2. The van der Waals surface area contributed by atoms with Crippen LogP contribution in [0.1, 0.15) is 11.6 Å². The van der Waals surface area contributed by atoms with Crippen molar-refractivity contribution in [3.05, 3.63) is 60.1 Å². The van der Waals surface area contributed by atoms with Crippen LogP contribution in [0.2, 0.25) is 0 Å². The average molecular weight is 355 g/mol. The number of benzene rings is 1. The van der Waals surface area contributed by atoms with Crippen LogP contribution in [0.3, 0.4) is 0 Å². The molecule has 0 radical (unpaired) electrons. The molecule has 9 heteroatoms. The average Bonchev–Trinajstić information content (AvgIpc) is 3.02. The summed E-state index contributed by atoms with van der Waals surface area (Å²) in [6.07, 6.45) is -2.00. The Morgan fingerprint density at radius 1 is 1.04 bits per heavy atom. The second kappa shape index (κ2) is 6.60. The second-order valence-electron chi connectivity index (χ2n) is 4.64. The van der Waals surface area contributed by atoms with Gasteiger partial charge < -0.3 is 4.42 Å². The molecule has 4 nitrogen and oxygen atoms in total. The SMILES string of the molecule is Fc1ccc(-c2cnc(CSc3nccc(C(F)(F)F)n3)o2)cc1. The zero-order chi connectivity index (χ0) is 17.2. The summed E-state index contributed by atoms with van der Waals surface area (Å²) in [6, 6.07) is 6.48. The number of thioether (sulfide) groups is 1. The van der Waals surface area contributed by atoms with Crippen molar-refractivity contribution in [1.29, 1.82) is 0 Å². The highest BCUT2D eigenvalue weighted by Crippen LogP contribution is 2.29. The van der Waals surface area contributed by atoms with Crippen LogP contribution in [0.5, 0.6) is 0 Å². The lowest BCUT2D eigenvalue weighted by atomic mass is 10.2. The predicted molar refractivity (Wildman–Crippen MR) is 78.5 cm³/mol. The van der Waals surface area contributed by atoms with E-state index in [9.17, 15) is 17.6 Å². The first-order valence-electron chi connectivity index (χ1n) is 6.65. The molecule has 0 fully saturated rings. The summed E-state index contributed by atoms with van der Waals surface area (Å²) in [5, 5.41) is -0.0219. The molecule has 0 saturated carbocycles. The molecule has 0 N–H and O–H groups in total. The van der Waals surface area contributed by atoms with Gasteiger partial charge in [-0.05, 0) is 30.3 Å². The van der Waals surface area contributed by atoms with Gasteiger partial charge in [0, 0.05) is 11.8 Å². The minimum absolute atomic E-state index is 0.0219. The van der Waals surface area contributed by atoms with Gasteiger partial charge in [-0.25, -0.2) is 19.3 Å². The molecule has 3 aromatic rings. The van der Waals surface area contributed by atoms with Gasteiger partial charge in [-0.3, -0.25) is 0 Å². The third-order valence-electron chi connectivity index (χ3n) is 2.93. The molecular weight excluding hydrogens is 346 g/mol. The lowest BCUT2D eigenvalue weighted by Gasteiger charge is -2.05. The maximum Gasteiger partial charge on any atom is 0.433 e. The summed E-state index contributed by atoms with van der Waals surface area (Å²) < 4.78 is 56.2. The Labute approximate surface area is 138 Å². The van der Waals surface area contributed by atoms with Crippen molar-refractivity contribution < 1.29 is 22.0 Å².